The average molecular weight is 2020 g/mol. The minimum Gasteiger partial charge on any atom is -0.507 e. The Bertz CT molecular complexity index is 6350. The van der Waals surface area contributed by atoms with Crippen LogP contribution in [0.1, 0.15) is 350 Å². The summed E-state index contributed by atoms with van der Waals surface area (Å²) in [5.74, 6) is 2.73. The molecule has 6 N–H and O–H groups in total. The number of hydrogen-bond acceptors (Lipinski definition) is 18. The lowest BCUT2D eigenvalue weighted by Crippen LogP contribution is -2.26. The molecular formula is C132H162N6O12. The molecule has 18 nitrogen and oxygen atoms in total. The third-order valence-corrected chi connectivity index (χ3v) is 26.3. The fraction of sp³-hybridized carbons (Fsp3) is 0.455. The first-order valence-electron chi connectivity index (χ1n) is 56.3. The Morgan fingerprint density at radius 1 is 0.167 bits per heavy atom. The van der Waals surface area contributed by atoms with Gasteiger partial charge < -0.3 is 59.1 Å². The van der Waals surface area contributed by atoms with Crippen molar-refractivity contribution in [1.29, 1.82) is 0 Å². The lowest BCUT2D eigenvalue weighted by molar-refractivity contribution is 0.257. The van der Waals surface area contributed by atoms with Crippen molar-refractivity contribution in [2.45, 2.75) is 350 Å². The van der Waals surface area contributed by atoms with E-state index in [2.05, 4.69) is 110 Å². The molecule has 12 bridgehead atoms. The number of unbranched alkanes of at least 4 members (excludes halogenated alkanes) is 42. The summed E-state index contributed by atoms with van der Waals surface area (Å²) < 4.78 is 39.6. The van der Waals surface area contributed by atoms with E-state index in [0.29, 0.717) is 169 Å². The molecule has 10 aliphatic rings. The second-order valence-corrected chi connectivity index (χ2v) is 39.0. The largest absolute Gasteiger partial charge is 0.507 e. The fourth-order valence-corrected chi connectivity index (χ4v) is 17.3. The first kappa shape index (κ1) is 118. The van der Waals surface area contributed by atoms with Gasteiger partial charge in [-0.15, -0.1) is 0 Å². The molecule has 9 aromatic carbocycles. The van der Waals surface area contributed by atoms with Crippen LogP contribution in [0.5, 0.6) is 69.0 Å². The number of hydrogen-bond donors (Lipinski definition) is 6. The van der Waals surface area contributed by atoms with E-state index < -0.39 is 0 Å². The van der Waals surface area contributed by atoms with Gasteiger partial charge in [-0.25, -0.2) is 0 Å². The van der Waals surface area contributed by atoms with Crippen molar-refractivity contribution in [1.82, 2.24) is 0 Å². The summed E-state index contributed by atoms with van der Waals surface area (Å²) >= 11 is 0. The van der Waals surface area contributed by atoms with Gasteiger partial charge in [0.15, 0.2) is 34.5 Å². The van der Waals surface area contributed by atoms with Crippen molar-refractivity contribution < 1.29 is 59.1 Å². The quantitative estimate of drug-likeness (QED) is 0.0154. The zero-order chi connectivity index (χ0) is 106. The van der Waals surface area contributed by atoms with Gasteiger partial charge in [0, 0.05) is 136 Å². The van der Waals surface area contributed by atoms with E-state index in [9.17, 15) is 30.6 Å². The van der Waals surface area contributed by atoms with Crippen molar-refractivity contribution in [2.24, 2.45) is 30.0 Å². The first-order valence-corrected chi connectivity index (χ1v) is 56.3. The normalized spacial score (nSPS) is 11.6. The lowest BCUT2D eigenvalue weighted by Gasteiger charge is -2.13. The van der Waals surface area contributed by atoms with Crippen LogP contribution >= 0.6 is 0 Å². The van der Waals surface area contributed by atoms with Crippen molar-refractivity contribution in [3.05, 3.63) is 275 Å². The van der Waals surface area contributed by atoms with E-state index in [4.69, 9.17) is 58.4 Å². The monoisotopic (exact) mass is 2020 g/mol. The number of nitrogens with zero attached hydrogens (tertiary/aromatic N) is 6. The summed E-state index contributed by atoms with van der Waals surface area (Å²) in [7, 11) is 0. The molecule has 0 saturated carbocycles. The van der Waals surface area contributed by atoms with Crippen LogP contribution < -0.4 is 123 Å². The number of benzene rings is 9. The highest BCUT2D eigenvalue weighted by molar-refractivity contribution is 5.48. The number of ether oxygens (including phenoxy) is 6. The predicted molar refractivity (Wildman–Crippen MR) is 607 cm³/mol. The Balaban J connectivity index is 1.14. The Labute approximate surface area is 888 Å². The second kappa shape index (κ2) is 71.6. The van der Waals surface area contributed by atoms with Crippen LogP contribution in [-0.2, 0) is 0 Å². The molecule has 0 atom stereocenters. The van der Waals surface area contributed by atoms with Crippen molar-refractivity contribution >= 4 is 71.6 Å². The van der Waals surface area contributed by atoms with E-state index >= 15 is 0 Å². The SMILES string of the molecule is CCCCCCCCCCOc1cc2c(cc1OCCCCCCCCCC)=NC=c1ccc(cc1O)=C=C=C=C=c1ccc(c(O)c1)=CN=c1cc(OCCCCCCCCCC)c(OCCCCCCCCCC)cc1=NC=c1ccc(cc1O)=C=C=C=C=c1ccc(c(O)c1)=CN=c1cc(OCCCCCCCCCC)c(OCCCCCCCCCC)cc1=NC=c1ccc(cc1O)=C=C=C=C=c1ccc(c(O)c1)=CN=2. The highest BCUT2D eigenvalue weighted by Crippen LogP contribution is 2.29. The predicted octanol–water partition coefficient (Wildman–Crippen LogP) is 20.7. The molecule has 0 amide bonds. The summed E-state index contributed by atoms with van der Waals surface area (Å²) in [4.78, 5) is 29.8. The van der Waals surface area contributed by atoms with Crippen LogP contribution in [0.3, 0.4) is 0 Å². The van der Waals surface area contributed by atoms with Crippen LogP contribution in [0, 0.1) is 0 Å². The molecule has 10 heterocycles. The van der Waals surface area contributed by atoms with Gasteiger partial charge in [0.05, 0.1) is 71.8 Å². The summed E-state index contributed by atoms with van der Waals surface area (Å²) in [5.41, 5.74) is 35.8. The maximum atomic E-state index is 11.7. The lowest BCUT2D eigenvalue weighted by atomic mass is 10.1. The Hall–Kier alpha value is -14.0. The molecule has 0 spiro atoms. The fourth-order valence-electron chi connectivity index (χ4n) is 17.3. The first-order chi connectivity index (χ1) is 73.7. The van der Waals surface area contributed by atoms with Gasteiger partial charge >= 0.3 is 0 Å². The van der Waals surface area contributed by atoms with Crippen molar-refractivity contribution in [2.75, 3.05) is 39.6 Å². The molecule has 0 unspecified atom stereocenters. The Kier molecular flexibility index (Phi) is 56.2. The highest BCUT2D eigenvalue weighted by atomic mass is 16.5. The van der Waals surface area contributed by atoms with Gasteiger partial charge in [-0.2, -0.15) is 0 Å². The average Bonchev–Trinajstić information content (AvgIpc) is 0.819. The molecule has 0 saturated heterocycles. The Morgan fingerprint density at radius 3 is 0.420 bits per heavy atom. The number of aromatic hydroxyl groups is 6. The summed E-state index contributed by atoms with van der Waals surface area (Å²) in [5, 5.41) is 77.9. The van der Waals surface area contributed by atoms with Gasteiger partial charge in [-0.05, 0) is 182 Å². The molecule has 10 aliphatic heterocycles. The standard InChI is InChI=1S/C132H162N6O12/c1-7-13-19-25-31-37-43-55-79-145-127-91-115-116(92-128(127)146-80-56-44-38-32-26-20-14-8-2)134-98-110-74-68-104(86-122(110)140)62-51-52-64-106-70-76-112(124(142)88-106)100-136-119-95-131(149-83-59-47-41-35-29-23-17-11-5)132(150-84-60-48-42-36-30-24-18-12-6)96-120(119)138-102-114-78-72-108(90-126(114)144)66-54-53-65-107-71-77-113(125(143)89-107)101-137-118-94-130(148-82-58-46-40-34-28-22-16-10-4)129(147-81-57-45-39-33-27-21-15-9-3)93-117(118)135-99-111-75-69-105(87-123(111)141)63-50-49-61-103-67-73-109(97-133-115)121(139)85-103/h67-78,85-102,139-144H,7-48,55-60,79-84H2,1-6H3. The van der Waals surface area contributed by atoms with E-state index in [1.165, 1.54) is 193 Å². The maximum absolute atomic E-state index is 11.7. The van der Waals surface area contributed by atoms with Crippen molar-refractivity contribution in [3.63, 3.8) is 0 Å². The number of rotatable bonds is 60. The summed E-state index contributed by atoms with van der Waals surface area (Å²) in [6.07, 6.45) is 64.4. The minimum atomic E-state index is -0.0709. The highest BCUT2D eigenvalue weighted by Gasteiger charge is 2.15. The van der Waals surface area contributed by atoms with E-state index in [0.717, 1.165) is 116 Å². The van der Waals surface area contributed by atoms with Gasteiger partial charge in [0.2, 0.25) is 0 Å². The smallest absolute Gasteiger partial charge is 0.163 e. The molecular weight excluding hydrogens is 1860 g/mol. The number of phenolic OH excluding ortho intramolecular Hbond substituents is 6. The van der Waals surface area contributed by atoms with Gasteiger partial charge in [-0.1, -0.05) is 346 Å². The molecule has 0 aromatic heterocycles. The van der Waals surface area contributed by atoms with Gasteiger partial charge in [-0.3, -0.25) is 30.0 Å². The second-order valence-electron chi connectivity index (χ2n) is 39.0. The molecule has 0 radical (unpaired) electrons. The zero-order valence-corrected chi connectivity index (χ0v) is 90.3. The summed E-state index contributed by atoms with van der Waals surface area (Å²) in [6.45, 7) is 16.3. The van der Waals surface area contributed by atoms with Gasteiger partial charge in [0.25, 0.3) is 0 Å². The molecule has 9 aromatic rings. The molecule has 0 aliphatic carbocycles. The molecule has 150 heavy (non-hydrogen) atoms. The minimum absolute atomic E-state index is 0.0709. The van der Waals surface area contributed by atoms with Crippen molar-refractivity contribution in [3.8, 4) is 69.0 Å². The summed E-state index contributed by atoms with van der Waals surface area (Å²) in [6, 6.07) is 41.3. The third kappa shape index (κ3) is 45.2. The van der Waals surface area contributed by atoms with Crippen LogP contribution in [0.2, 0.25) is 0 Å². The van der Waals surface area contributed by atoms with Gasteiger partial charge in [0.1, 0.15) is 34.5 Å². The zero-order valence-electron chi connectivity index (χ0n) is 90.3. The van der Waals surface area contributed by atoms with E-state index in [1.807, 2.05) is 36.4 Å². The Morgan fingerprint density at radius 2 is 0.293 bits per heavy atom. The third-order valence-electron chi connectivity index (χ3n) is 26.3. The van der Waals surface area contributed by atoms with Crippen LogP contribution in [0.25, 0.3) is 71.6 Å². The molecule has 19 rings (SSSR count). The molecule has 18 heteroatoms. The molecule has 0 fully saturated rings. The van der Waals surface area contributed by atoms with E-state index in [-0.39, 0.29) is 34.5 Å². The maximum Gasteiger partial charge on any atom is 0.163 e. The topological polar surface area (TPSA) is 251 Å². The van der Waals surface area contributed by atoms with Crippen LogP contribution in [-0.4, -0.2) is 70.3 Å². The van der Waals surface area contributed by atoms with Crippen LogP contribution in [0.15, 0.2) is 210 Å². The van der Waals surface area contributed by atoms with E-state index in [1.54, 1.807) is 146 Å². The number of phenols is 6. The molecule has 792 valence electrons. The van der Waals surface area contributed by atoms with Crippen LogP contribution in [0.4, 0.5) is 0 Å².